The smallest absolute Gasteiger partial charge is 0.308 e. The third kappa shape index (κ3) is 2.49. The number of rotatable bonds is 4. The Kier molecular flexibility index (Phi) is 3.05. The van der Waals surface area contributed by atoms with Crippen LogP contribution in [0, 0.1) is 24.7 Å². The van der Waals surface area contributed by atoms with Crippen LogP contribution in [0.15, 0.2) is 0 Å². The van der Waals surface area contributed by atoms with Gasteiger partial charge in [0, 0.05) is 20.1 Å². The maximum atomic E-state index is 11.4. The quantitative estimate of drug-likeness (QED) is 0.865. The lowest BCUT2D eigenvalue weighted by Gasteiger charge is -2.14. The summed E-state index contributed by atoms with van der Waals surface area (Å²) >= 11 is 0. The molecule has 0 unspecified atom stereocenters. The lowest BCUT2D eigenvalue weighted by molar-refractivity contribution is -0.142. The topological polar surface area (TPSA) is 71.2 Å². The van der Waals surface area contributed by atoms with Crippen molar-refractivity contribution < 1.29 is 9.90 Å². The van der Waals surface area contributed by atoms with Gasteiger partial charge in [0.05, 0.1) is 12.5 Å². The molecule has 19 heavy (non-hydrogen) atoms. The minimum absolute atomic E-state index is 0.207. The number of hydrogen-bond donors (Lipinski definition) is 1. The minimum atomic E-state index is -0.645. The van der Waals surface area contributed by atoms with Gasteiger partial charge >= 0.3 is 5.97 Å². The Morgan fingerprint density at radius 2 is 2.16 bits per heavy atom. The van der Waals surface area contributed by atoms with Crippen LogP contribution in [0.2, 0.25) is 0 Å². The number of aliphatic carboxylic acids is 1. The Morgan fingerprint density at radius 3 is 2.68 bits per heavy atom. The molecule has 1 aliphatic heterocycles. The minimum Gasteiger partial charge on any atom is -0.481 e. The summed E-state index contributed by atoms with van der Waals surface area (Å²) in [6.45, 7) is 4.10. The molecule has 0 amide bonds. The molecule has 0 radical (unpaired) electrons. The molecule has 0 aromatic carbocycles. The van der Waals surface area contributed by atoms with E-state index in [0.717, 1.165) is 18.2 Å². The zero-order valence-electron chi connectivity index (χ0n) is 11.4. The maximum absolute atomic E-state index is 11.4. The van der Waals surface area contributed by atoms with Gasteiger partial charge in [-0.1, -0.05) is 0 Å². The fourth-order valence-electron chi connectivity index (χ4n) is 3.20. The van der Waals surface area contributed by atoms with Gasteiger partial charge in [-0.2, -0.15) is 5.10 Å². The summed E-state index contributed by atoms with van der Waals surface area (Å²) in [6, 6.07) is 0. The Bertz CT molecular complexity index is 495. The van der Waals surface area contributed by atoms with Crippen molar-refractivity contribution >= 4 is 5.97 Å². The largest absolute Gasteiger partial charge is 0.481 e. The molecule has 0 bridgehead atoms. The number of carboxylic acid groups (broad SMARTS) is 1. The van der Waals surface area contributed by atoms with Gasteiger partial charge in [-0.3, -0.25) is 14.4 Å². The standard InChI is InChI=1S/C13H20N4O2/c1-8-14-12(16(2)15-8)7-17-5-10(9-3-4-9)11(6-17)13(18)19/h9-11H,3-7H2,1-2H3,(H,18,19)/t10-,11+/m0/s1. The summed E-state index contributed by atoms with van der Waals surface area (Å²) < 4.78 is 1.79. The first kappa shape index (κ1) is 12.6. The molecule has 2 atom stereocenters. The van der Waals surface area contributed by atoms with Gasteiger partial charge in [0.25, 0.3) is 0 Å². The Morgan fingerprint density at radius 1 is 1.42 bits per heavy atom. The van der Waals surface area contributed by atoms with Gasteiger partial charge in [0.2, 0.25) is 0 Å². The second-order valence-electron chi connectivity index (χ2n) is 5.84. The molecule has 1 saturated carbocycles. The SMILES string of the molecule is Cc1nc(CN2C[C@@H](C(=O)O)[C@H](C3CC3)C2)n(C)n1. The van der Waals surface area contributed by atoms with Crippen LogP contribution in [-0.4, -0.2) is 43.8 Å². The van der Waals surface area contributed by atoms with Crippen LogP contribution < -0.4 is 0 Å². The molecule has 104 valence electrons. The first-order chi connectivity index (χ1) is 9.04. The summed E-state index contributed by atoms with van der Waals surface area (Å²) in [6.07, 6.45) is 2.40. The highest BCUT2D eigenvalue weighted by molar-refractivity contribution is 5.71. The fourth-order valence-corrected chi connectivity index (χ4v) is 3.20. The average Bonchev–Trinajstić information content (AvgIpc) is 3.01. The molecule has 2 aliphatic rings. The van der Waals surface area contributed by atoms with E-state index in [1.807, 2.05) is 14.0 Å². The summed E-state index contributed by atoms with van der Waals surface area (Å²) in [5, 5.41) is 13.6. The highest BCUT2D eigenvalue weighted by Crippen LogP contribution is 2.44. The van der Waals surface area contributed by atoms with E-state index in [9.17, 15) is 9.90 Å². The van der Waals surface area contributed by atoms with Gasteiger partial charge in [-0.05, 0) is 31.6 Å². The fraction of sp³-hybridized carbons (Fsp3) is 0.769. The van der Waals surface area contributed by atoms with Crippen molar-refractivity contribution in [2.45, 2.75) is 26.3 Å². The Labute approximate surface area is 112 Å². The number of aromatic nitrogens is 3. The van der Waals surface area contributed by atoms with Gasteiger partial charge in [-0.25, -0.2) is 4.98 Å². The number of carbonyl (C=O) groups is 1. The molecular weight excluding hydrogens is 244 g/mol. The second-order valence-corrected chi connectivity index (χ2v) is 5.84. The molecule has 1 aromatic rings. The van der Waals surface area contributed by atoms with Crippen molar-refractivity contribution in [1.82, 2.24) is 19.7 Å². The van der Waals surface area contributed by atoms with Crippen molar-refractivity contribution in [3.8, 4) is 0 Å². The zero-order valence-corrected chi connectivity index (χ0v) is 11.4. The van der Waals surface area contributed by atoms with Crippen molar-refractivity contribution in [1.29, 1.82) is 0 Å². The van der Waals surface area contributed by atoms with Crippen molar-refractivity contribution in [2.24, 2.45) is 24.8 Å². The zero-order chi connectivity index (χ0) is 13.6. The summed E-state index contributed by atoms with van der Waals surface area (Å²) in [5.41, 5.74) is 0. The van der Waals surface area contributed by atoms with Gasteiger partial charge in [-0.15, -0.1) is 0 Å². The van der Waals surface area contributed by atoms with Crippen LogP contribution in [0.25, 0.3) is 0 Å². The van der Waals surface area contributed by atoms with E-state index in [1.165, 1.54) is 12.8 Å². The molecule has 1 saturated heterocycles. The van der Waals surface area contributed by atoms with E-state index in [-0.39, 0.29) is 5.92 Å². The van der Waals surface area contributed by atoms with Gasteiger partial charge in [0.15, 0.2) is 0 Å². The summed E-state index contributed by atoms with van der Waals surface area (Å²) in [5.74, 6) is 1.79. The van der Waals surface area contributed by atoms with E-state index in [4.69, 9.17) is 0 Å². The lowest BCUT2D eigenvalue weighted by Crippen LogP contribution is -2.24. The molecule has 1 N–H and O–H groups in total. The van der Waals surface area contributed by atoms with Crippen LogP contribution in [0.1, 0.15) is 24.5 Å². The maximum Gasteiger partial charge on any atom is 0.308 e. The van der Waals surface area contributed by atoms with Crippen LogP contribution in [-0.2, 0) is 18.4 Å². The molecule has 2 fully saturated rings. The highest BCUT2D eigenvalue weighted by atomic mass is 16.4. The third-order valence-electron chi connectivity index (χ3n) is 4.31. The van der Waals surface area contributed by atoms with Crippen LogP contribution in [0.4, 0.5) is 0 Å². The number of hydrogen-bond acceptors (Lipinski definition) is 4. The lowest BCUT2D eigenvalue weighted by atomic mass is 9.92. The third-order valence-corrected chi connectivity index (χ3v) is 4.31. The molecule has 0 spiro atoms. The Balaban J connectivity index is 1.69. The normalized spacial score (nSPS) is 27.9. The van der Waals surface area contributed by atoms with E-state index in [0.29, 0.717) is 24.9 Å². The summed E-state index contributed by atoms with van der Waals surface area (Å²) in [4.78, 5) is 18.0. The van der Waals surface area contributed by atoms with E-state index < -0.39 is 5.97 Å². The van der Waals surface area contributed by atoms with Gasteiger partial charge in [0.1, 0.15) is 11.6 Å². The first-order valence-corrected chi connectivity index (χ1v) is 6.86. The number of likely N-dealkylation sites (tertiary alicyclic amines) is 1. The van der Waals surface area contributed by atoms with E-state index in [1.54, 1.807) is 4.68 Å². The number of carboxylic acids is 1. The number of nitrogens with zero attached hydrogens (tertiary/aromatic N) is 4. The molecule has 6 nitrogen and oxygen atoms in total. The Hall–Kier alpha value is -1.43. The van der Waals surface area contributed by atoms with Crippen LogP contribution in [0.5, 0.6) is 0 Å². The molecule has 3 rings (SSSR count). The molecule has 1 aromatic heterocycles. The van der Waals surface area contributed by atoms with Gasteiger partial charge < -0.3 is 5.11 Å². The van der Waals surface area contributed by atoms with E-state index >= 15 is 0 Å². The monoisotopic (exact) mass is 264 g/mol. The predicted molar refractivity (Wildman–Crippen MR) is 68.4 cm³/mol. The van der Waals surface area contributed by atoms with E-state index in [2.05, 4.69) is 15.0 Å². The predicted octanol–water partition coefficient (Wildman–Crippen LogP) is 0.666. The second kappa shape index (κ2) is 4.59. The molecule has 6 heteroatoms. The highest BCUT2D eigenvalue weighted by Gasteiger charge is 2.45. The van der Waals surface area contributed by atoms with Crippen LogP contribution in [0.3, 0.4) is 0 Å². The van der Waals surface area contributed by atoms with Crippen molar-refractivity contribution in [2.75, 3.05) is 13.1 Å². The molecule has 1 aliphatic carbocycles. The number of aryl methyl sites for hydroxylation is 2. The molecular formula is C13H20N4O2. The first-order valence-electron chi connectivity index (χ1n) is 6.86. The van der Waals surface area contributed by atoms with Crippen molar-refractivity contribution in [3.63, 3.8) is 0 Å². The van der Waals surface area contributed by atoms with Crippen molar-refractivity contribution in [3.05, 3.63) is 11.6 Å². The van der Waals surface area contributed by atoms with Crippen LogP contribution >= 0.6 is 0 Å². The summed E-state index contributed by atoms with van der Waals surface area (Å²) in [7, 11) is 1.89. The molecule has 2 heterocycles. The average molecular weight is 264 g/mol.